The number of nitrogens with zero attached hydrogens (tertiary/aromatic N) is 3. The predicted molar refractivity (Wildman–Crippen MR) is 110 cm³/mol. The topological polar surface area (TPSA) is 47.2 Å². The molecule has 144 valence electrons. The van der Waals surface area contributed by atoms with Gasteiger partial charge in [-0.05, 0) is 36.8 Å². The molecular formula is C23H25N3O2. The molecule has 5 rings (SSSR count). The van der Waals surface area contributed by atoms with Crippen molar-refractivity contribution < 1.29 is 4.79 Å². The van der Waals surface area contributed by atoms with Gasteiger partial charge in [0.1, 0.15) is 0 Å². The van der Waals surface area contributed by atoms with E-state index >= 15 is 0 Å². The van der Waals surface area contributed by atoms with Gasteiger partial charge in [0.05, 0.1) is 16.5 Å². The zero-order valence-corrected chi connectivity index (χ0v) is 16.6. The molecule has 0 bridgehead atoms. The number of likely N-dealkylation sites (tertiary alicyclic amines) is 1. The number of pyridine rings is 1. The Labute approximate surface area is 164 Å². The van der Waals surface area contributed by atoms with E-state index in [0.717, 1.165) is 37.0 Å². The summed E-state index contributed by atoms with van der Waals surface area (Å²) in [6.07, 6.45) is 5.80. The van der Waals surface area contributed by atoms with Crippen molar-refractivity contribution in [3.63, 3.8) is 0 Å². The van der Waals surface area contributed by atoms with E-state index in [1.165, 1.54) is 5.56 Å². The second-order valence-electron chi connectivity index (χ2n) is 8.53. The fourth-order valence-corrected chi connectivity index (χ4v) is 5.31. The van der Waals surface area contributed by atoms with Crippen molar-refractivity contribution in [3.05, 3.63) is 69.8 Å². The summed E-state index contributed by atoms with van der Waals surface area (Å²) in [6, 6.07) is 10.7. The van der Waals surface area contributed by atoms with Crippen LogP contribution in [0.25, 0.3) is 10.9 Å². The van der Waals surface area contributed by atoms with Gasteiger partial charge in [-0.25, -0.2) is 0 Å². The summed E-state index contributed by atoms with van der Waals surface area (Å²) in [6.45, 7) is 3.50. The van der Waals surface area contributed by atoms with Gasteiger partial charge in [-0.1, -0.05) is 30.3 Å². The molecule has 1 saturated heterocycles. The first-order chi connectivity index (χ1) is 13.4. The van der Waals surface area contributed by atoms with Crippen molar-refractivity contribution in [2.45, 2.75) is 25.2 Å². The van der Waals surface area contributed by atoms with Gasteiger partial charge in [-0.2, -0.15) is 0 Å². The first kappa shape index (κ1) is 17.3. The summed E-state index contributed by atoms with van der Waals surface area (Å²) in [4.78, 5) is 28.1. The monoisotopic (exact) mass is 375 g/mol. The lowest BCUT2D eigenvalue weighted by Gasteiger charge is -2.32. The number of benzene rings is 1. The SMILES string of the molecule is Cc1cn(C)c(=O)c2c(C(=O)N3CCC4(c5ccccc5)CC4C3)cn(C)c12. The lowest BCUT2D eigenvalue weighted by molar-refractivity contribution is 0.0709. The molecule has 1 aliphatic carbocycles. The summed E-state index contributed by atoms with van der Waals surface area (Å²) in [5.41, 5.74) is 3.95. The van der Waals surface area contributed by atoms with Crippen LogP contribution in [-0.4, -0.2) is 33.0 Å². The van der Waals surface area contributed by atoms with E-state index in [-0.39, 0.29) is 16.9 Å². The van der Waals surface area contributed by atoms with Crippen molar-refractivity contribution in [1.82, 2.24) is 14.0 Å². The van der Waals surface area contributed by atoms with E-state index in [4.69, 9.17) is 0 Å². The Bertz CT molecular complexity index is 1160. The van der Waals surface area contributed by atoms with Crippen LogP contribution in [0.1, 0.15) is 34.3 Å². The summed E-state index contributed by atoms with van der Waals surface area (Å²) in [5.74, 6) is 0.508. The number of piperidine rings is 1. The second kappa shape index (κ2) is 5.84. The molecule has 5 nitrogen and oxygen atoms in total. The number of hydrogen-bond donors (Lipinski definition) is 0. The standard InChI is InChI=1S/C23H25N3O2/c1-15-12-25(3)22(28)19-18(14-24(2)20(15)19)21(27)26-10-9-23(11-17(23)13-26)16-7-5-4-6-8-16/h4-8,12,14,17H,9-11,13H2,1-3H3. The highest BCUT2D eigenvalue weighted by Gasteiger charge is 2.57. The van der Waals surface area contributed by atoms with Crippen LogP contribution in [0.15, 0.2) is 47.5 Å². The molecule has 0 radical (unpaired) electrons. The highest BCUT2D eigenvalue weighted by Crippen LogP contribution is 2.59. The molecule has 2 unspecified atom stereocenters. The van der Waals surface area contributed by atoms with Crippen LogP contribution in [0.2, 0.25) is 0 Å². The molecular weight excluding hydrogens is 350 g/mol. The Balaban J connectivity index is 1.47. The molecule has 2 atom stereocenters. The fraction of sp³-hybridized carbons (Fsp3) is 0.391. The van der Waals surface area contributed by atoms with Gasteiger partial charge < -0.3 is 14.0 Å². The van der Waals surface area contributed by atoms with Gasteiger partial charge in [0.25, 0.3) is 11.5 Å². The number of hydrogen-bond acceptors (Lipinski definition) is 2. The molecule has 2 fully saturated rings. The molecule has 0 N–H and O–H groups in total. The number of rotatable bonds is 2. The minimum atomic E-state index is -0.105. The van der Waals surface area contributed by atoms with Crippen molar-refractivity contribution in [2.24, 2.45) is 20.0 Å². The van der Waals surface area contributed by atoms with Gasteiger partial charge in [0.2, 0.25) is 0 Å². The Morgan fingerprint density at radius 1 is 1.11 bits per heavy atom. The summed E-state index contributed by atoms with van der Waals surface area (Å²) in [7, 11) is 3.65. The van der Waals surface area contributed by atoms with Crippen LogP contribution in [0.5, 0.6) is 0 Å². The summed E-state index contributed by atoms with van der Waals surface area (Å²) in [5, 5.41) is 0.547. The number of carbonyl (C=O) groups is 1. The van der Waals surface area contributed by atoms with E-state index in [2.05, 4.69) is 30.3 Å². The van der Waals surface area contributed by atoms with Crippen molar-refractivity contribution in [1.29, 1.82) is 0 Å². The van der Waals surface area contributed by atoms with Crippen molar-refractivity contribution in [2.75, 3.05) is 13.1 Å². The maximum absolute atomic E-state index is 13.4. The molecule has 3 heterocycles. The Morgan fingerprint density at radius 2 is 1.86 bits per heavy atom. The average molecular weight is 375 g/mol. The second-order valence-corrected chi connectivity index (χ2v) is 8.53. The highest BCUT2D eigenvalue weighted by molar-refractivity contribution is 6.07. The van der Waals surface area contributed by atoms with Gasteiger partial charge >= 0.3 is 0 Å². The number of aryl methyl sites for hydroxylation is 3. The molecule has 3 aromatic rings. The van der Waals surface area contributed by atoms with Crippen LogP contribution in [0.4, 0.5) is 0 Å². The van der Waals surface area contributed by atoms with Crippen LogP contribution >= 0.6 is 0 Å². The quantitative estimate of drug-likeness (QED) is 0.691. The smallest absolute Gasteiger partial charge is 0.260 e. The van der Waals surface area contributed by atoms with Crippen LogP contribution in [0, 0.1) is 12.8 Å². The molecule has 1 saturated carbocycles. The predicted octanol–water partition coefficient (Wildman–Crippen LogP) is 2.99. The van der Waals surface area contributed by atoms with E-state index in [1.807, 2.05) is 35.8 Å². The molecule has 1 aromatic carbocycles. The van der Waals surface area contributed by atoms with Gasteiger partial charge in [0, 0.05) is 45.0 Å². The Morgan fingerprint density at radius 3 is 2.57 bits per heavy atom. The fourth-order valence-electron chi connectivity index (χ4n) is 5.31. The lowest BCUT2D eigenvalue weighted by atomic mass is 9.87. The molecule has 5 heteroatoms. The maximum atomic E-state index is 13.4. The van der Waals surface area contributed by atoms with Gasteiger partial charge in [-0.15, -0.1) is 0 Å². The molecule has 2 aromatic heterocycles. The third-order valence-electron chi connectivity index (χ3n) is 6.84. The van der Waals surface area contributed by atoms with Crippen molar-refractivity contribution in [3.8, 4) is 0 Å². The Kier molecular flexibility index (Phi) is 3.60. The van der Waals surface area contributed by atoms with E-state index in [0.29, 0.717) is 16.9 Å². The summed E-state index contributed by atoms with van der Waals surface area (Å²) < 4.78 is 3.49. The minimum absolute atomic E-state index is 0.0122. The number of carbonyl (C=O) groups excluding carboxylic acids is 1. The minimum Gasteiger partial charge on any atom is -0.349 e. The molecule has 2 aliphatic rings. The van der Waals surface area contributed by atoms with Crippen LogP contribution < -0.4 is 5.56 Å². The average Bonchev–Trinajstić information content (AvgIpc) is 3.34. The zero-order chi connectivity index (χ0) is 19.6. The Hall–Kier alpha value is -2.82. The summed E-state index contributed by atoms with van der Waals surface area (Å²) >= 11 is 0. The number of aromatic nitrogens is 2. The van der Waals surface area contributed by atoms with E-state index in [1.54, 1.807) is 11.6 Å². The normalized spacial score (nSPS) is 23.7. The third kappa shape index (κ3) is 2.32. The third-order valence-corrected chi connectivity index (χ3v) is 6.84. The van der Waals surface area contributed by atoms with E-state index < -0.39 is 0 Å². The zero-order valence-electron chi connectivity index (χ0n) is 16.6. The van der Waals surface area contributed by atoms with Crippen LogP contribution in [-0.2, 0) is 19.5 Å². The maximum Gasteiger partial charge on any atom is 0.260 e. The molecule has 1 aliphatic heterocycles. The van der Waals surface area contributed by atoms with Crippen LogP contribution in [0.3, 0.4) is 0 Å². The first-order valence-corrected chi connectivity index (χ1v) is 9.92. The number of amides is 1. The van der Waals surface area contributed by atoms with Gasteiger partial charge in [0.15, 0.2) is 0 Å². The van der Waals surface area contributed by atoms with Crippen molar-refractivity contribution >= 4 is 16.8 Å². The molecule has 0 spiro atoms. The first-order valence-electron chi connectivity index (χ1n) is 9.92. The highest BCUT2D eigenvalue weighted by atomic mass is 16.2. The molecule has 1 amide bonds. The van der Waals surface area contributed by atoms with E-state index in [9.17, 15) is 9.59 Å². The number of fused-ring (bicyclic) bond motifs is 2. The van der Waals surface area contributed by atoms with Gasteiger partial charge in [-0.3, -0.25) is 9.59 Å². The lowest BCUT2D eigenvalue weighted by Crippen LogP contribution is -2.40. The largest absolute Gasteiger partial charge is 0.349 e. The molecule has 28 heavy (non-hydrogen) atoms.